The topological polar surface area (TPSA) is 75.6 Å². The van der Waals surface area contributed by atoms with E-state index in [0.717, 1.165) is 10.8 Å². The van der Waals surface area contributed by atoms with E-state index in [1.165, 1.54) is 6.07 Å². The summed E-state index contributed by atoms with van der Waals surface area (Å²) in [5, 5.41) is 14.1. The van der Waals surface area contributed by atoms with E-state index in [9.17, 15) is 14.7 Å². The SMILES string of the molecule is CC(C)NC(=O)c1ccc2cc(O)cc(COC=O)c2c1. The van der Waals surface area contributed by atoms with Crippen LogP contribution in [0.15, 0.2) is 30.3 Å². The van der Waals surface area contributed by atoms with E-state index >= 15 is 0 Å². The van der Waals surface area contributed by atoms with Crippen LogP contribution in [0.5, 0.6) is 5.75 Å². The van der Waals surface area contributed by atoms with E-state index in [0.29, 0.717) is 17.6 Å². The summed E-state index contributed by atoms with van der Waals surface area (Å²) in [5.74, 6) is -0.0754. The molecule has 0 unspecified atom stereocenters. The lowest BCUT2D eigenvalue weighted by Gasteiger charge is -2.11. The van der Waals surface area contributed by atoms with Gasteiger partial charge in [0, 0.05) is 17.2 Å². The van der Waals surface area contributed by atoms with Crippen LogP contribution >= 0.6 is 0 Å². The first kappa shape index (κ1) is 14.8. The molecule has 0 saturated carbocycles. The van der Waals surface area contributed by atoms with Gasteiger partial charge in [0.1, 0.15) is 12.4 Å². The fraction of sp³-hybridized carbons (Fsp3) is 0.250. The Morgan fingerprint density at radius 1 is 1.33 bits per heavy atom. The number of hydrogen-bond acceptors (Lipinski definition) is 4. The van der Waals surface area contributed by atoms with Gasteiger partial charge in [0.25, 0.3) is 12.4 Å². The van der Waals surface area contributed by atoms with Gasteiger partial charge in [0.2, 0.25) is 0 Å². The largest absolute Gasteiger partial charge is 0.508 e. The number of rotatable bonds is 5. The maximum absolute atomic E-state index is 12.0. The van der Waals surface area contributed by atoms with Crippen LogP contribution in [0.25, 0.3) is 10.8 Å². The third-order valence-electron chi connectivity index (χ3n) is 3.01. The zero-order valence-electron chi connectivity index (χ0n) is 11.9. The van der Waals surface area contributed by atoms with Crippen molar-refractivity contribution in [3.8, 4) is 5.75 Å². The lowest BCUT2D eigenvalue weighted by molar-refractivity contribution is -0.129. The first-order valence-corrected chi connectivity index (χ1v) is 6.63. The number of carbonyl (C=O) groups is 2. The number of carbonyl (C=O) groups excluding carboxylic acids is 2. The second kappa shape index (κ2) is 6.26. The van der Waals surface area contributed by atoms with Gasteiger partial charge in [-0.05, 0) is 48.9 Å². The van der Waals surface area contributed by atoms with Gasteiger partial charge >= 0.3 is 0 Å². The number of amides is 1. The van der Waals surface area contributed by atoms with E-state index in [4.69, 9.17) is 4.74 Å². The predicted molar refractivity (Wildman–Crippen MR) is 79.1 cm³/mol. The Morgan fingerprint density at radius 3 is 2.76 bits per heavy atom. The molecule has 0 aliphatic heterocycles. The van der Waals surface area contributed by atoms with Crippen LogP contribution in [0.4, 0.5) is 0 Å². The number of phenolic OH excluding ortho intramolecular Hbond substituents is 1. The number of phenols is 1. The zero-order chi connectivity index (χ0) is 15.4. The van der Waals surface area contributed by atoms with Crippen LogP contribution in [0.3, 0.4) is 0 Å². The van der Waals surface area contributed by atoms with Crippen LogP contribution in [-0.4, -0.2) is 23.5 Å². The fourth-order valence-corrected chi connectivity index (χ4v) is 2.15. The van der Waals surface area contributed by atoms with Gasteiger partial charge in [-0.2, -0.15) is 0 Å². The van der Waals surface area contributed by atoms with Crippen molar-refractivity contribution in [2.75, 3.05) is 0 Å². The fourth-order valence-electron chi connectivity index (χ4n) is 2.15. The standard InChI is InChI=1S/C16H17NO4/c1-10(2)17-16(20)12-4-3-11-5-14(19)6-13(8-21-9-18)15(11)7-12/h3-7,9-10,19H,8H2,1-2H3,(H,17,20). The Morgan fingerprint density at radius 2 is 2.10 bits per heavy atom. The molecule has 0 aromatic heterocycles. The van der Waals surface area contributed by atoms with Crippen LogP contribution in [-0.2, 0) is 16.1 Å². The highest BCUT2D eigenvalue weighted by Crippen LogP contribution is 2.26. The smallest absolute Gasteiger partial charge is 0.293 e. The van der Waals surface area contributed by atoms with Gasteiger partial charge in [-0.3, -0.25) is 9.59 Å². The van der Waals surface area contributed by atoms with Crippen molar-refractivity contribution in [1.29, 1.82) is 0 Å². The molecule has 21 heavy (non-hydrogen) atoms. The van der Waals surface area contributed by atoms with Crippen LogP contribution in [0.2, 0.25) is 0 Å². The highest BCUT2D eigenvalue weighted by atomic mass is 16.5. The summed E-state index contributed by atoms with van der Waals surface area (Å²) in [4.78, 5) is 22.4. The molecule has 2 aromatic rings. The van der Waals surface area contributed by atoms with Gasteiger partial charge in [0.15, 0.2) is 0 Å². The summed E-state index contributed by atoms with van der Waals surface area (Å²) < 4.78 is 4.76. The molecule has 0 saturated heterocycles. The van der Waals surface area contributed by atoms with Crippen LogP contribution in [0.1, 0.15) is 29.8 Å². The maximum atomic E-state index is 12.0. The molecule has 2 N–H and O–H groups in total. The second-order valence-corrected chi connectivity index (χ2v) is 5.08. The number of hydrogen-bond donors (Lipinski definition) is 2. The quantitative estimate of drug-likeness (QED) is 0.828. The molecule has 0 heterocycles. The van der Waals surface area contributed by atoms with E-state index in [1.54, 1.807) is 24.3 Å². The van der Waals surface area contributed by atoms with Crippen molar-refractivity contribution < 1.29 is 19.4 Å². The average molecular weight is 287 g/mol. The summed E-state index contributed by atoms with van der Waals surface area (Å²) >= 11 is 0. The van der Waals surface area contributed by atoms with Gasteiger partial charge in [-0.1, -0.05) is 6.07 Å². The number of nitrogens with one attached hydrogen (secondary N) is 1. The highest BCUT2D eigenvalue weighted by Gasteiger charge is 2.10. The minimum atomic E-state index is -0.165. The first-order chi connectivity index (χ1) is 10.0. The number of fused-ring (bicyclic) bond motifs is 1. The molecule has 5 nitrogen and oxygen atoms in total. The van der Waals surface area contributed by atoms with Crippen molar-refractivity contribution in [2.24, 2.45) is 0 Å². The average Bonchev–Trinajstić information content (AvgIpc) is 2.43. The van der Waals surface area contributed by atoms with Crippen molar-refractivity contribution >= 4 is 23.2 Å². The summed E-state index contributed by atoms with van der Waals surface area (Å²) in [7, 11) is 0. The van der Waals surface area contributed by atoms with Crippen molar-refractivity contribution in [3.05, 3.63) is 41.5 Å². The van der Waals surface area contributed by atoms with Gasteiger partial charge in [-0.25, -0.2) is 0 Å². The Labute approximate surface area is 122 Å². The number of benzene rings is 2. The summed E-state index contributed by atoms with van der Waals surface area (Å²) in [5.41, 5.74) is 1.17. The minimum Gasteiger partial charge on any atom is -0.508 e. The lowest BCUT2D eigenvalue weighted by Crippen LogP contribution is -2.30. The van der Waals surface area contributed by atoms with E-state index in [1.807, 2.05) is 13.8 Å². The lowest BCUT2D eigenvalue weighted by atomic mass is 10.0. The Bertz CT molecular complexity index is 679. The predicted octanol–water partition coefficient (Wildman–Crippen LogP) is 2.36. The van der Waals surface area contributed by atoms with Gasteiger partial charge in [-0.15, -0.1) is 0 Å². The number of aromatic hydroxyl groups is 1. The molecular weight excluding hydrogens is 270 g/mol. The molecule has 0 aliphatic carbocycles. The third kappa shape index (κ3) is 3.51. The second-order valence-electron chi connectivity index (χ2n) is 5.08. The highest BCUT2D eigenvalue weighted by molar-refractivity contribution is 5.99. The van der Waals surface area contributed by atoms with E-state index < -0.39 is 0 Å². The van der Waals surface area contributed by atoms with E-state index in [-0.39, 0.29) is 24.3 Å². The van der Waals surface area contributed by atoms with Crippen LogP contribution < -0.4 is 5.32 Å². The van der Waals surface area contributed by atoms with Crippen molar-refractivity contribution in [1.82, 2.24) is 5.32 Å². The summed E-state index contributed by atoms with van der Waals surface area (Å²) in [6, 6.07) is 8.36. The molecule has 5 heteroatoms. The Hall–Kier alpha value is -2.56. The van der Waals surface area contributed by atoms with Crippen LogP contribution in [0, 0.1) is 0 Å². The molecule has 2 aromatic carbocycles. The molecule has 1 amide bonds. The number of ether oxygens (including phenoxy) is 1. The Balaban J connectivity index is 2.46. The molecule has 2 rings (SSSR count). The molecule has 0 atom stereocenters. The third-order valence-corrected chi connectivity index (χ3v) is 3.01. The molecule has 0 bridgehead atoms. The molecule has 0 spiro atoms. The van der Waals surface area contributed by atoms with Gasteiger partial charge in [0.05, 0.1) is 0 Å². The molecule has 0 radical (unpaired) electrons. The van der Waals surface area contributed by atoms with E-state index in [2.05, 4.69) is 5.32 Å². The molecule has 0 fully saturated rings. The normalized spacial score (nSPS) is 10.6. The maximum Gasteiger partial charge on any atom is 0.293 e. The molecule has 110 valence electrons. The molecular formula is C16H17NO4. The van der Waals surface area contributed by atoms with Crippen molar-refractivity contribution in [3.63, 3.8) is 0 Å². The molecule has 0 aliphatic rings. The minimum absolute atomic E-state index is 0.0453. The van der Waals surface area contributed by atoms with Crippen molar-refractivity contribution in [2.45, 2.75) is 26.5 Å². The summed E-state index contributed by atoms with van der Waals surface area (Å²) in [6.07, 6.45) is 0. The van der Waals surface area contributed by atoms with Gasteiger partial charge < -0.3 is 15.2 Å². The summed E-state index contributed by atoms with van der Waals surface area (Å²) in [6.45, 7) is 4.18. The first-order valence-electron chi connectivity index (χ1n) is 6.63. The Kier molecular flexibility index (Phi) is 4.42. The monoisotopic (exact) mass is 287 g/mol. The zero-order valence-corrected chi connectivity index (χ0v) is 11.9.